The minimum Gasteiger partial charge on any atom is -0.454 e. The molecule has 1 amide bonds. The fourth-order valence-electron chi connectivity index (χ4n) is 4.45. The van der Waals surface area contributed by atoms with Crippen LogP contribution in [0.3, 0.4) is 0 Å². The summed E-state index contributed by atoms with van der Waals surface area (Å²) in [6.45, 7) is 0.0934. The second kappa shape index (κ2) is 12.1. The van der Waals surface area contributed by atoms with Crippen molar-refractivity contribution in [2.24, 2.45) is 5.10 Å². The van der Waals surface area contributed by atoms with E-state index < -0.39 is 11.9 Å². The van der Waals surface area contributed by atoms with Crippen LogP contribution in [0.25, 0.3) is 22.0 Å². The van der Waals surface area contributed by atoms with E-state index in [1.165, 1.54) is 6.21 Å². The van der Waals surface area contributed by atoms with Gasteiger partial charge in [-0.1, -0.05) is 45.7 Å². The summed E-state index contributed by atoms with van der Waals surface area (Å²) in [6, 6.07) is 21.4. The maximum absolute atomic E-state index is 13.4. The van der Waals surface area contributed by atoms with Gasteiger partial charge in [0.05, 0.1) is 16.3 Å². The number of H-pyrrole nitrogens is 1. The number of aromatic nitrogens is 1. The number of fused-ring (bicyclic) bond motifs is 2. The van der Waals surface area contributed by atoms with Crippen LogP contribution in [0.4, 0.5) is 0 Å². The Hall–Kier alpha value is -3.39. The Labute approximate surface area is 274 Å². The molecule has 0 saturated carbocycles. The highest BCUT2D eigenvalue weighted by atomic mass is 127. The van der Waals surface area contributed by atoms with Crippen LogP contribution in [0.5, 0.6) is 17.2 Å². The van der Waals surface area contributed by atoms with Crippen molar-refractivity contribution in [3.63, 3.8) is 0 Å². The molecule has 2 heterocycles. The van der Waals surface area contributed by atoms with Crippen LogP contribution in [0.15, 0.2) is 86.8 Å². The minimum atomic E-state index is -0.605. The van der Waals surface area contributed by atoms with Crippen molar-refractivity contribution in [2.75, 3.05) is 6.79 Å². The molecule has 0 saturated heterocycles. The van der Waals surface area contributed by atoms with Crippen molar-refractivity contribution in [3.05, 3.63) is 107 Å². The predicted molar refractivity (Wildman–Crippen MR) is 176 cm³/mol. The molecule has 0 unspecified atom stereocenters. The molecule has 8 nitrogen and oxygen atoms in total. The Balaban J connectivity index is 1.29. The van der Waals surface area contributed by atoms with Crippen molar-refractivity contribution < 1.29 is 23.8 Å². The molecule has 42 heavy (non-hydrogen) atoms. The zero-order chi connectivity index (χ0) is 29.4. The molecule has 5 aromatic rings. The van der Waals surface area contributed by atoms with E-state index in [0.29, 0.717) is 42.3 Å². The van der Waals surface area contributed by atoms with Crippen molar-refractivity contribution >= 4 is 95.0 Å². The highest BCUT2D eigenvalue weighted by Crippen LogP contribution is 2.38. The van der Waals surface area contributed by atoms with Gasteiger partial charge in [-0.3, -0.25) is 4.79 Å². The first-order valence-electron chi connectivity index (χ1n) is 12.3. The van der Waals surface area contributed by atoms with Crippen molar-refractivity contribution in [2.45, 2.75) is 0 Å². The number of amides is 1. The topological polar surface area (TPSA) is 102 Å². The van der Waals surface area contributed by atoms with Gasteiger partial charge in [-0.25, -0.2) is 10.2 Å². The zero-order valence-corrected chi connectivity index (χ0v) is 27.3. The smallest absolute Gasteiger partial charge is 0.343 e. The van der Waals surface area contributed by atoms with Gasteiger partial charge >= 0.3 is 5.97 Å². The summed E-state index contributed by atoms with van der Waals surface area (Å²) in [5.74, 6) is 0.164. The predicted octanol–water partition coefficient (Wildman–Crippen LogP) is 8.33. The Morgan fingerprint density at radius 1 is 1.02 bits per heavy atom. The first-order valence-corrected chi connectivity index (χ1v) is 15.3. The molecule has 0 radical (unpaired) electrons. The van der Waals surface area contributed by atoms with E-state index >= 15 is 0 Å². The number of hydrogen-bond acceptors (Lipinski definition) is 6. The highest BCUT2D eigenvalue weighted by Gasteiger charge is 2.22. The molecular weight excluding hydrogens is 805 g/mol. The number of nitrogens with one attached hydrogen (secondary N) is 2. The first kappa shape index (κ1) is 28.7. The van der Waals surface area contributed by atoms with Gasteiger partial charge in [-0.2, -0.15) is 5.10 Å². The molecular formula is C30H17Br2ClIN3O5. The average molecular weight is 822 g/mol. The van der Waals surface area contributed by atoms with Gasteiger partial charge in [-0.15, -0.1) is 0 Å². The summed E-state index contributed by atoms with van der Waals surface area (Å²) >= 11 is 15.7. The summed E-state index contributed by atoms with van der Waals surface area (Å²) in [6.07, 6.45) is 1.40. The molecule has 1 aliphatic heterocycles. The standard InChI is InChI=1S/C30H17Br2ClIN3O5/c31-17-9-16(28(21(32)11-17)42-30(39)15-5-8-24-25(10-15)41-14-40-24)13-35-37-29(38)27-26(19-3-1-2-4-22(19)33)20-12-18(34)6-7-23(20)36-27/h1-13,36H,14H2,(H,37,38). The largest absolute Gasteiger partial charge is 0.454 e. The fourth-order valence-corrected chi connectivity index (χ4v) is 6.51. The van der Waals surface area contributed by atoms with Crippen molar-refractivity contribution in [3.8, 4) is 28.4 Å². The number of rotatable bonds is 6. The lowest BCUT2D eigenvalue weighted by atomic mass is 10.0. The van der Waals surface area contributed by atoms with Gasteiger partial charge in [0.25, 0.3) is 5.91 Å². The lowest BCUT2D eigenvalue weighted by molar-refractivity contribution is 0.0732. The number of hydrazone groups is 1. The van der Waals surface area contributed by atoms with Gasteiger partial charge < -0.3 is 19.2 Å². The van der Waals surface area contributed by atoms with Gasteiger partial charge in [-0.05, 0) is 93.1 Å². The van der Waals surface area contributed by atoms with E-state index in [1.54, 1.807) is 36.4 Å². The van der Waals surface area contributed by atoms with E-state index in [0.717, 1.165) is 20.0 Å². The van der Waals surface area contributed by atoms with Gasteiger partial charge in [0.2, 0.25) is 6.79 Å². The number of ether oxygens (including phenoxy) is 3. The van der Waals surface area contributed by atoms with E-state index in [-0.39, 0.29) is 18.1 Å². The molecule has 0 atom stereocenters. The summed E-state index contributed by atoms with van der Waals surface area (Å²) in [4.78, 5) is 29.6. The maximum Gasteiger partial charge on any atom is 0.343 e. The van der Waals surface area contributed by atoms with Crippen molar-refractivity contribution in [1.29, 1.82) is 0 Å². The lowest BCUT2D eigenvalue weighted by Gasteiger charge is -2.11. The van der Waals surface area contributed by atoms with E-state index in [2.05, 4.69) is 70.0 Å². The molecule has 1 aliphatic rings. The normalized spacial score (nSPS) is 12.2. The SMILES string of the molecule is O=C(Oc1c(Br)cc(Br)cc1C=NNC(=O)c1[nH]c2ccc(I)cc2c1-c1ccccc1Cl)c1ccc2c(c1)OCO2. The number of hydrogen-bond donors (Lipinski definition) is 2. The number of aromatic amines is 1. The number of carbonyl (C=O) groups excluding carboxylic acids is 2. The molecule has 1 aromatic heterocycles. The third-order valence-electron chi connectivity index (χ3n) is 6.34. The number of benzene rings is 4. The van der Waals surface area contributed by atoms with Crippen LogP contribution in [0, 0.1) is 3.57 Å². The summed E-state index contributed by atoms with van der Waals surface area (Å²) in [7, 11) is 0. The molecule has 0 aliphatic carbocycles. The maximum atomic E-state index is 13.4. The van der Waals surface area contributed by atoms with Gasteiger partial charge in [0, 0.05) is 40.7 Å². The van der Waals surface area contributed by atoms with Gasteiger partial charge in [0.1, 0.15) is 5.69 Å². The highest BCUT2D eigenvalue weighted by molar-refractivity contribution is 14.1. The van der Waals surface area contributed by atoms with Crippen LogP contribution in [-0.2, 0) is 0 Å². The van der Waals surface area contributed by atoms with Crippen LogP contribution >= 0.6 is 66.1 Å². The third kappa shape index (κ3) is 5.78. The lowest BCUT2D eigenvalue weighted by Crippen LogP contribution is -2.19. The van der Waals surface area contributed by atoms with Crippen LogP contribution in [0.2, 0.25) is 5.02 Å². The second-order valence-corrected chi connectivity index (χ2v) is 12.4. The molecule has 12 heteroatoms. The molecule has 6 rings (SSSR count). The van der Waals surface area contributed by atoms with Gasteiger partial charge in [0.15, 0.2) is 17.2 Å². The quantitative estimate of drug-likeness (QED) is 0.0590. The molecule has 2 N–H and O–H groups in total. The molecule has 210 valence electrons. The van der Waals surface area contributed by atoms with E-state index in [4.69, 9.17) is 25.8 Å². The fraction of sp³-hybridized carbons (Fsp3) is 0.0333. The average Bonchev–Trinajstić information content (AvgIpc) is 3.59. The van der Waals surface area contributed by atoms with Crippen LogP contribution in [-0.4, -0.2) is 29.9 Å². The van der Waals surface area contributed by atoms with E-state index in [9.17, 15) is 9.59 Å². The number of nitrogens with zero attached hydrogens (tertiary/aromatic N) is 1. The zero-order valence-electron chi connectivity index (χ0n) is 21.2. The van der Waals surface area contributed by atoms with Crippen LogP contribution < -0.4 is 19.6 Å². The Bertz CT molecular complexity index is 1930. The number of carbonyl (C=O) groups is 2. The molecule has 0 spiro atoms. The number of esters is 1. The van der Waals surface area contributed by atoms with Crippen LogP contribution in [0.1, 0.15) is 26.4 Å². The Kier molecular flexibility index (Phi) is 8.26. The van der Waals surface area contributed by atoms with Crippen molar-refractivity contribution in [1.82, 2.24) is 10.4 Å². The Morgan fingerprint density at radius 2 is 1.83 bits per heavy atom. The summed E-state index contributed by atoms with van der Waals surface area (Å²) < 4.78 is 18.6. The summed E-state index contributed by atoms with van der Waals surface area (Å²) in [5.41, 5.74) is 5.78. The summed E-state index contributed by atoms with van der Waals surface area (Å²) in [5, 5.41) is 5.56. The monoisotopic (exact) mass is 819 g/mol. The second-order valence-electron chi connectivity index (χ2n) is 9.01. The first-order chi connectivity index (χ1) is 20.3. The van der Waals surface area contributed by atoms with E-state index in [1.807, 2.05) is 36.4 Å². The minimum absolute atomic E-state index is 0.0934. The third-order valence-corrected chi connectivity index (χ3v) is 8.39. The molecule has 0 fully saturated rings. The number of halogens is 4. The Morgan fingerprint density at radius 3 is 2.67 bits per heavy atom. The molecule has 4 aromatic carbocycles. The molecule has 0 bridgehead atoms.